The van der Waals surface area contributed by atoms with E-state index < -0.39 is 5.97 Å². The quantitative estimate of drug-likeness (QED) is 0.672. The van der Waals surface area contributed by atoms with Crippen molar-refractivity contribution in [3.05, 3.63) is 52.8 Å². The second kappa shape index (κ2) is 6.70. The second-order valence-corrected chi connectivity index (χ2v) is 4.20. The predicted molar refractivity (Wildman–Crippen MR) is 71.5 cm³/mol. The molecule has 0 spiro atoms. The van der Waals surface area contributed by atoms with Gasteiger partial charge in [-0.25, -0.2) is 4.79 Å². The first-order valence-electron chi connectivity index (χ1n) is 5.69. The smallest absolute Gasteiger partial charge is 0.330 e. The molecule has 2 aromatic rings. The van der Waals surface area contributed by atoms with Gasteiger partial charge >= 0.3 is 5.97 Å². The highest BCUT2D eigenvalue weighted by Crippen LogP contribution is 2.10. The highest BCUT2D eigenvalue weighted by atomic mass is 35.5. The van der Waals surface area contributed by atoms with Gasteiger partial charge in [0.05, 0.1) is 18.5 Å². The van der Waals surface area contributed by atoms with Gasteiger partial charge in [-0.2, -0.15) is 15.4 Å². The van der Waals surface area contributed by atoms with E-state index in [0.717, 1.165) is 11.3 Å². The Kier molecular flexibility index (Phi) is 4.69. The number of hydrogen-bond donors (Lipinski definition) is 1. The highest BCUT2D eigenvalue weighted by Gasteiger charge is 2.00. The molecule has 6 heteroatoms. The monoisotopic (exact) mass is 277 g/mol. The largest absolute Gasteiger partial charge is 0.462 e. The Morgan fingerprint density at radius 3 is 2.84 bits per heavy atom. The minimum absolute atomic E-state index is 0.274. The third kappa shape index (κ3) is 4.56. The lowest BCUT2D eigenvalue weighted by Crippen LogP contribution is -2.04. The number of H-pyrrole nitrogens is 1. The molecule has 0 radical (unpaired) electrons. The summed E-state index contributed by atoms with van der Waals surface area (Å²) in [5.41, 5.74) is 1.65. The molecule has 5 nitrogen and oxygen atoms in total. The summed E-state index contributed by atoms with van der Waals surface area (Å²) < 4.78 is 5.03. The number of aromatic nitrogens is 3. The number of halogens is 1. The van der Waals surface area contributed by atoms with Crippen LogP contribution >= 0.6 is 11.6 Å². The lowest BCUT2D eigenvalue weighted by atomic mass is 10.2. The van der Waals surface area contributed by atoms with Crippen LogP contribution in [0, 0.1) is 0 Å². The summed E-state index contributed by atoms with van der Waals surface area (Å²) in [4.78, 5) is 11.4. The molecule has 1 heterocycles. The maximum Gasteiger partial charge on any atom is 0.330 e. The Balaban J connectivity index is 1.76. The molecule has 0 bridgehead atoms. The van der Waals surface area contributed by atoms with Crippen molar-refractivity contribution < 1.29 is 9.53 Å². The number of esters is 1. The molecule has 1 N–H and O–H groups in total. The summed E-state index contributed by atoms with van der Waals surface area (Å²) >= 11 is 5.76. The summed E-state index contributed by atoms with van der Waals surface area (Å²) in [6.07, 6.45) is 5.19. The Labute approximate surface area is 115 Å². The van der Waals surface area contributed by atoms with Crippen LogP contribution in [0.15, 0.2) is 36.5 Å². The number of rotatable bonds is 5. The molecule has 0 saturated carbocycles. The summed E-state index contributed by atoms with van der Waals surface area (Å²) in [5, 5.41) is 10.7. The number of nitrogens with zero attached hydrogens (tertiary/aromatic N) is 2. The van der Waals surface area contributed by atoms with Crippen LogP contribution in [0.2, 0.25) is 5.02 Å². The van der Waals surface area contributed by atoms with Crippen LogP contribution in [0.3, 0.4) is 0 Å². The first-order chi connectivity index (χ1) is 9.24. The fraction of sp³-hybridized carbons (Fsp3) is 0.154. The van der Waals surface area contributed by atoms with Gasteiger partial charge in [-0.3, -0.25) is 0 Å². The third-order valence-electron chi connectivity index (χ3n) is 2.35. The van der Waals surface area contributed by atoms with Gasteiger partial charge in [-0.05, 0) is 23.8 Å². The number of carbonyl (C=O) groups excluding carboxylic acids is 1. The van der Waals surface area contributed by atoms with Crippen LogP contribution in [-0.2, 0) is 16.0 Å². The average molecular weight is 278 g/mol. The van der Waals surface area contributed by atoms with E-state index >= 15 is 0 Å². The van der Waals surface area contributed by atoms with Gasteiger partial charge in [0.25, 0.3) is 0 Å². The Morgan fingerprint density at radius 2 is 2.16 bits per heavy atom. The van der Waals surface area contributed by atoms with Crippen LogP contribution in [0.25, 0.3) is 6.08 Å². The van der Waals surface area contributed by atoms with Gasteiger partial charge in [0.1, 0.15) is 0 Å². The Hall–Kier alpha value is -2.14. The van der Waals surface area contributed by atoms with Crippen molar-refractivity contribution in [3.63, 3.8) is 0 Å². The SMILES string of the molecule is O=C(C=Cc1ccc(Cl)cc1)OCCc1cn[nH]n1. The number of carbonyl (C=O) groups is 1. The molecular weight excluding hydrogens is 266 g/mol. The fourth-order valence-electron chi connectivity index (χ4n) is 1.39. The minimum Gasteiger partial charge on any atom is -0.462 e. The summed E-state index contributed by atoms with van der Waals surface area (Å²) in [6.45, 7) is 0.274. The van der Waals surface area contributed by atoms with Crippen molar-refractivity contribution in [3.8, 4) is 0 Å². The van der Waals surface area contributed by atoms with Crippen molar-refractivity contribution in [2.75, 3.05) is 6.61 Å². The van der Waals surface area contributed by atoms with Crippen molar-refractivity contribution in [1.29, 1.82) is 0 Å². The molecule has 0 aliphatic rings. The number of benzene rings is 1. The summed E-state index contributed by atoms with van der Waals surface area (Å²) in [7, 11) is 0. The van der Waals surface area contributed by atoms with Crippen molar-refractivity contribution in [1.82, 2.24) is 15.4 Å². The van der Waals surface area contributed by atoms with Crippen molar-refractivity contribution >= 4 is 23.6 Å². The summed E-state index contributed by atoms with van der Waals surface area (Å²) in [6, 6.07) is 7.16. The van der Waals surface area contributed by atoms with Crippen molar-refractivity contribution in [2.45, 2.75) is 6.42 Å². The zero-order chi connectivity index (χ0) is 13.5. The standard InChI is InChI=1S/C13H12ClN3O2/c14-11-4-1-10(2-5-11)3-6-13(18)19-8-7-12-9-15-17-16-12/h1-6,9H,7-8H2,(H,15,16,17). The number of ether oxygens (including phenoxy) is 1. The Morgan fingerprint density at radius 1 is 1.37 bits per heavy atom. The normalized spacial score (nSPS) is 10.8. The van der Waals surface area contributed by atoms with Gasteiger partial charge in [0.15, 0.2) is 0 Å². The molecule has 98 valence electrons. The molecular formula is C13H12ClN3O2. The van der Waals surface area contributed by atoms with Crippen LogP contribution in [0.5, 0.6) is 0 Å². The third-order valence-corrected chi connectivity index (χ3v) is 2.60. The molecule has 1 aromatic carbocycles. The maximum absolute atomic E-state index is 11.4. The first kappa shape index (κ1) is 13.3. The molecule has 1 aromatic heterocycles. The van der Waals surface area contributed by atoms with E-state index in [1.165, 1.54) is 6.08 Å². The lowest BCUT2D eigenvalue weighted by Gasteiger charge is -1.99. The van der Waals surface area contributed by atoms with Crippen LogP contribution in [-0.4, -0.2) is 28.0 Å². The van der Waals surface area contributed by atoms with Crippen molar-refractivity contribution in [2.24, 2.45) is 0 Å². The van der Waals surface area contributed by atoms with E-state index in [4.69, 9.17) is 16.3 Å². The topological polar surface area (TPSA) is 67.9 Å². The molecule has 0 atom stereocenters. The molecule has 19 heavy (non-hydrogen) atoms. The molecule has 0 amide bonds. The molecule has 0 aliphatic carbocycles. The number of aromatic amines is 1. The van der Waals surface area contributed by atoms with Crippen LogP contribution < -0.4 is 0 Å². The zero-order valence-electron chi connectivity index (χ0n) is 10.0. The van der Waals surface area contributed by atoms with Gasteiger partial charge in [-0.15, -0.1) is 0 Å². The van der Waals surface area contributed by atoms with E-state index in [1.807, 2.05) is 12.1 Å². The highest BCUT2D eigenvalue weighted by molar-refractivity contribution is 6.30. The summed E-state index contributed by atoms with van der Waals surface area (Å²) in [5.74, 6) is -0.390. The average Bonchev–Trinajstić information content (AvgIpc) is 2.91. The number of hydrogen-bond acceptors (Lipinski definition) is 4. The first-order valence-corrected chi connectivity index (χ1v) is 6.07. The molecule has 0 aliphatic heterocycles. The van der Waals surface area contributed by atoms with E-state index in [9.17, 15) is 4.79 Å². The Bertz CT molecular complexity index is 550. The van der Waals surface area contributed by atoms with E-state index in [0.29, 0.717) is 11.4 Å². The van der Waals surface area contributed by atoms with Gasteiger partial charge in [-0.1, -0.05) is 23.7 Å². The van der Waals surface area contributed by atoms with E-state index in [2.05, 4.69) is 15.4 Å². The predicted octanol–water partition coefficient (Wildman–Crippen LogP) is 2.26. The zero-order valence-corrected chi connectivity index (χ0v) is 10.8. The second-order valence-electron chi connectivity index (χ2n) is 3.76. The van der Waals surface area contributed by atoms with Crippen LogP contribution in [0.4, 0.5) is 0 Å². The van der Waals surface area contributed by atoms with Gasteiger partial charge in [0.2, 0.25) is 0 Å². The number of nitrogens with one attached hydrogen (secondary N) is 1. The van der Waals surface area contributed by atoms with E-state index in [1.54, 1.807) is 24.4 Å². The van der Waals surface area contributed by atoms with Crippen LogP contribution in [0.1, 0.15) is 11.3 Å². The molecule has 2 rings (SSSR count). The minimum atomic E-state index is -0.390. The molecule has 0 saturated heterocycles. The molecule has 0 unspecified atom stereocenters. The van der Waals surface area contributed by atoms with E-state index in [-0.39, 0.29) is 6.61 Å². The molecule has 0 fully saturated rings. The van der Waals surface area contributed by atoms with Gasteiger partial charge < -0.3 is 4.74 Å². The fourth-order valence-corrected chi connectivity index (χ4v) is 1.51. The van der Waals surface area contributed by atoms with Gasteiger partial charge in [0, 0.05) is 17.5 Å². The maximum atomic E-state index is 11.4. The lowest BCUT2D eigenvalue weighted by molar-refractivity contribution is -0.137.